The van der Waals surface area contributed by atoms with Crippen molar-refractivity contribution in [3.05, 3.63) is 29.6 Å². The Kier molecular flexibility index (Phi) is 4.63. The van der Waals surface area contributed by atoms with E-state index in [0.717, 1.165) is 24.7 Å². The van der Waals surface area contributed by atoms with Gasteiger partial charge in [0.1, 0.15) is 0 Å². The molecule has 1 aromatic rings. The molecule has 2 aliphatic carbocycles. The Hall–Kier alpha value is -0.890. The van der Waals surface area contributed by atoms with Crippen molar-refractivity contribution in [3.63, 3.8) is 0 Å². The van der Waals surface area contributed by atoms with E-state index in [4.69, 9.17) is 0 Å². The van der Waals surface area contributed by atoms with E-state index in [9.17, 15) is 5.11 Å². The first-order chi connectivity index (χ1) is 10.2. The Bertz CT molecular complexity index is 462. The van der Waals surface area contributed by atoms with Gasteiger partial charge in [0, 0.05) is 17.8 Å². The van der Waals surface area contributed by atoms with E-state index in [1.165, 1.54) is 43.4 Å². The summed E-state index contributed by atoms with van der Waals surface area (Å²) in [6, 6.07) is 4.22. The Morgan fingerprint density at radius 2 is 1.81 bits per heavy atom. The van der Waals surface area contributed by atoms with Crippen molar-refractivity contribution in [2.75, 3.05) is 0 Å². The van der Waals surface area contributed by atoms with Gasteiger partial charge in [-0.05, 0) is 74.3 Å². The lowest BCUT2D eigenvalue weighted by molar-refractivity contribution is 0.0403. The van der Waals surface area contributed by atoms with Crippen molar-refractivity contribution in [1.29, 1.82) is 0 Å². The van der Waals surface area contributed by atoms with Gasteiger partial charge in [0.05, 0.1) is 6.10 Å². The number of hydrogen-bond donors (Lipinski definition) is 1. The quantitative estimate of drug-likeness (QED) is 0.898. The minimum Gasteiger partial charge on any atom is -0.392 e. The maximum atomic E-state index is 10.9. The topological polar surface area (TPSA) is 33.1 Å². The normalized spacial score (nSPS) is 31.0. The van der Waals surface area contributed by atoms with Gasteiger partial charge >= 0.3 is 0 Å². The second-order valence-electron chi connectivity index (χ2n) is 7.46. The van der Waals surface area contributed by atoms with Crippen molar-refractivity contribution in [2.24, 2.45) is 17.8 Å². The van der Waals surface area contributed by atoms with Crippen LogP contribution in [0.3, 0.4) is 0 Å². The average Bonchev–Trinajstić information content (AvgIpc) is 2.53. The predicted octanol–water partition coefficient (Wildman–Crippen LogP) is 4.32. The van der Waals surface area contributed by atoms with E-state index >= 15 is 0 Å². The zero-order valence-corrected chi connectivity index (χ0v) is 13.5. The predicted molar refractivity (Wildman–Crippen MR) is 86.2 cm³/mol. The summed E-state index contributed by atoms with van der Waals surface area (Å²) >= 11 is 0. The van der Waals surface area contributed by atoms with E-state index in [-0.39, 0.29) is 12.0 Å². The molecule has 1 fully saturated rings. The molecule has 1 heterocycles. The molecule has 0 amide bonds. The lowest BCUT2D eigenvalue weighted by atomic mass is 9.70. The molecule has 3 rings (SSSR count). The van der Waals surface area contributed by atoms with Gasteiger partial charge in [-0.15, -0.1) is 0 Å². The SMILES string of the molecule is CC(C)C1CCC(C(O)C2CCCc3cccnc32)CC1. The standard InChI is InChI=1S/C19H29NO/c1-13(2)14-8-10-16(11-9-14)19(21)17-7-3-5-15-6-4-12-20-18(15)17/h4,6,12-14,16-17,19,21H,3,5,7-11H2,1-2H3. The zero-order chi connectivity index (χ0) is 14.8. The number of aryl methyl sites for hydroxylation is 1. The van der Waals surface area contributed by atoms with Crippen LogP contribution in [0, 0.1) is 17.8 Å². The zero-order valence-electron chi connectivity index (χ0n) is 13.5. The number of pyridine rings is 1. The fraction of sp³-hybridized carbons (Fsp3) is 0.737. The monoisotopic (exact) mass is 287 g/mol. The highest BCUT2D eigenvalue weighted by Crippen LogP contribution is 2.41. The molecule has 2 unspecified atom stereocenters. The van der Waals surface area contributed by atoms with Gasteiger partial charge in [-0.3, -0.25) is 4.98 Å². The molecule has 0 spiro atoms. The van der Waals surface area contributed by atoms with Crippen LogP contribution in [-0.4, -0.2) is 16.2 Å². The van der Waals surface area contributed by atoms with Crippen LogP contribution in [0.5, 0.6) is 0 Å². The summed E-state index contributed by atoms with van der Waals surface area (Å²) in [6.45, 7) is 4.67. The fourth-order valence-electron chi connectivity index (χ4n) is 4.46. The van der Waals surface area contributed by atoms with E-state index < -0.39 is 0 Å². The number of hydrogen-bond acceptors (Lipinski definition) is 2. The lowest BCUT2D eigenvalue weighted by Crippen LogP contribution is -2.34. The van der Waals surface area contributed by atoms with Gasteiger partial charge in [0.25, 0.3) is 0 Å². The molecule has 0 bridgehead atoms. The molecule has 0 saturated heterocycles. The molecule has 0 radical (unpaired) electrons. The molecule has 0 aliphatic heterocycles. The van der Waals surface area contributed by atoms with Gasteiger partial charge in [-0.25, -0.2) is 0 Å². The second-order valence-corrected chi connectivity index (χ2v) is 7.46. The highest BCUT2D eigenvalue weighted by Gasteiger charge is 2.35. The second kappa shape index (κ2) is 6.48. The number of aliphatic hydroxyl groups excluding tert-OH is 1. The third-order valence-electron chi connectivity index (χ3n) is 5.89. The van der Waals surface area contributed by atoms with Crippen LogP contribution in [0.15, 0.2) is 18.3 Å². The van der Waals surface area contributed by atoms with Crippen molar-refractivity contribution < 1.29 is 5.11 Å². The molecular weight excluding hydrogens is 258 g/mol. The van der Waals surface area contributed by atoms with Gasteiger partial charge < -0.3 is 5.11 Å². The highest BCUT2D eigenvalue weighted by molar-refractivity contribution is 5.27. The average molecular weight is 287 g/mol. The largest absolute Gasteiger partial charge is 0.392 e. The van der Waals surface area contributed by atoms with Gasteiger partial charge in [0.15, 0.2) is 0 Å². The van der Waals surface area contributed by atoms with E-state index in [1.807, 2.05) is 12.3 Å². The molecule has 1 saturated carbocycles. The smallest absolute Gasteiger partial charge is 0.0652 e. The summed E-state index contributed by atoms with van der Waals surface area (Å²) < 4.78 is 0. The number of aliphatic hydroxyl groups is 1. The number of nitrogens with zero attached hydrogens (tertiary/aromatic N) is 1. The van der Waals surface area contributed by atoms with E-state index in [2.05, 4.69) is 24.9 Å². The summed E-state index contributed by atoms with van der Waals surface area (Å²) in [6.07, 6.45) is 10.1. The third-order valence-corrected chi connectivity index (χ3v) is 5.89. The minimum absolute atomic E-state index is 0.188. The summed E-state index contributed by atoms with van der Waals surface area (Å²) in [5.74, 6) is 2.42. The van der Waals surface area contributed by atoms with Crippen LogP contribution < -0.4 is 0 Å². The Morgan fingerprint density at radius 1 is 1.10 bits per heavy atom. The molecule has 2 nitrogen and oxygen atoms in total. The highest BCUT2D eigenvalue weighted by atomic mass is 16.3. The Morgan fingerprint density at radius 3 is 2.52 bits per heavy atom. The molecule has 1 aromatic heterocycles. The van der Waals surface area contributed by atoms with Gasteiger partial charge in [-0.2, -0.15) is 0 Å². The molecular formula is C19H29NO. The molecule has 2 aliphatic rings. The van der Waals surface area contributed by atoms with Crippen molar-refractivity contribution >= 4 is 0 Å². The first kappa shape index (κ1) is 15.0. The third kappa shape index (κ3) is 3.15. The molecule has 2 atom stereocenters. The van der Waals surface area contributed by atoms with Crippen molar-refractivity contribution in [2.45, 2.75) is 70.8 Å². The summed E-state index contributed by atoms with van der Waals surface area (Å²) in [5, 5.41) is 10.9. The molecule has 116 valence electrons. The summed E-state index contributed by atoms with van der Waals surface area (Å²) in [4.78, 5) is 4.60. The maximum Gasteiger partial charge on any atom is 0.0652 e. The van der Waals surface area contributed by atoms with Crippen LogP contribution in [0.4, 0.5) is 0 Å². The number of fused-ring (bicyclic) bond motifs is 1. The van der Waals surface area contributed by atoms with Crippen LogP contribution >= 0.6 is 0 Å². The number of rotatable bonds is 3. The van der Waals surface area contributed by atoms with Crippen LogP contribution in [-0.2, 0) is 6.42 Å². The van der Waals surface area contributed by atoms with Gasteiger partial charge in [-0.1, -0.05) is 19.9 Å². The minimum atomic E-state index is -0.188. The first-order valence-electron chi connectivity index (χ1n) is 8.78. The van der Waals surface area contributed by atoms with Crippen molar-refractivity contribution in [1.82, 2.24) is 4.98 Å². The number of aromatic nitrogens is 1. The summed E-state index contributed by atoms with van der Waals surface area (Å²) in [7, 11) is 0. The van der Waals surface area contributed by atoms with Crippen molar-refractivity contribution in [3.8, 4) is 0 Å². The molecule has 21 heavy (non-hydrogen) atoms. The molecule has 1 N–H and O–H groups in total. The fourth-order valence-corrected chi connectivity index (χ4v) is 4.46. The van der Waals surface area contributed by atoms with Gasteiger partial charge in [0.2, 0.25) is 0 Å². The molecule has 2 heteroatoms. The van der Waals surface area contributed by atoms with E-state index in [0.29, 0.717) is 5.92 Å². The lowest BCUT2D eigenvalue weighted by Gasteiger charge is -2.37. The Balaban J connectivity index is 1.68. The Labute approximate surface area is 129 Å². The first-order valence-corrected chi connectivity index (χ1v) is 8.78. The van der Waals surface area contributed by atoms with Crippen LogP contribution in [0.1, 0.15) is 69.5 Å². The summed E-state index contributed by atoms with van der Waals surface area (Å²) in [5.41, 5.74) is 2.55. The van der Waals surface area contributed by atoms with Crippen LogP contribution in [0.2, 0.25) is 0 Å². The van der Waals surface area contributed by atoms with E-state index in [1.54, 1.807) is 0 Å². The maximum absolute atomic E-state index is 10.9. The molecule has 0 aromatic carbocycles. The van der Waals surface area contributed by atoms with Crippen LogP contribution in [0.25, 0.3) is 0 Å².